The van der Waals surface area contributed by atoms with Gasteiger partial charge in [-0.15, -0.1) is 11.6 Å². The number of benzene rings is 1. The minimum Gasteiger partial charge on any atom is -0.486 e. The molecule has 0 aliphatic heterocycles. The molecule has 2 aromatic heterocycles. The van der Waals surface area contributed by atoms with Gasteiger partial charge in [0.2, 0.25) is 0 Å². The standard InChI is InChI=1S/C15H12BrClN2O/c16-13-5-3-4-11(8-17)15(13)20-10-12-9-19-7-2-1-6-14(19)18-12/h1-7,9H,8,10H2. The molecule has 0 amide bonds. The number of para-hydroxylation sites is 1. The van der Waals surface area contributed by atoms with Crippen LogP contribution < -0.4 is 4.74 Å². The third-order valence-electron chi connectivity index (χ3n) is 2.97. The predicted octanol–water partition coefficient (Wildman–Crippen LogP) is 4.41. The number of aromatic nitrogens is 2. The van der Waals surface area contributed by atoms with E-state index in [9.17, 15) is 0 Å². The fourth-order valence-corrected chi connectivity index (χ4v) is 2.76. The van der Waals surface area contributed by atoms with Gasteiger partial charge in [0.1, 0.15) is 18.0 Å². The lowest BCUT2D eigenvalue weighted by Crippen LogP contribution is -1.99. The van der Waals surface area contributed by atoms with E-state index in [1.807, 2.05) is 53.2 Å². The third kappa shape index (κ3) is 2.67. The molecular weight excluding hydrogens is 340 g/mol. The second kappa shape index (κ2) is 5.85. The Morgan fingerprint density at radius 2 is 2.10 bits per heavy atom. The zero-order chi connectivity index (χ0) is 13.9. The molecule has 0 unspecified atom stereocenters. The number of hydrogen-bond acceptors (Lipinski definition) is 2. The second-order valence-corrected chi connectivity index (χ2v) is 5.47. The van der Waals surface area contributed by atoms with Crippen molar-refractivity contribution in [1.82, 2.24) is 9.38 Å². The summed E-state index contributed by atoms with van der Waals surface area (Å²) in [5, 5.41) is 0. The van der Waals surface area contributed by atoms with Gasteiger partial charge in [-0.05, 0) is 34.1 Å². The molecule has 0 aliphatic carbocycles. The van der Waals surface area contributed by atoms with Crippen molar-refractivity contribution >= 4 is 33.2 Å². The lowest BCUT2D eigenvalue weighted by Gasteiger charge is -2.10. The zero-order valence-corrected chi connectivity index (χ0v) is 12.9. The molecule has 102 valence electrons. The highest BCUT2D eigenvalue weighted by Crippen LogP contribution is 2.30. The second-order valence-electron chi connectivity index (χ2n) is 4.35. The summed E-state index contributed by atoms with van der Waals surface area (Å²) in [6, 6.07) is 11.7. The molecule has 0 N–H and O–H groups in total. The number of hydrogen-bond donors (Lipinski definition) is 0. The summed E-state index contributed by atoms with van der Waals surface area (Å²) in [6.45, 7) is 0.411. The third-order valence-corrected chi connectivity index (χ3v) is 3.88. The van der Waals surface area contributed by atoms with Crippen molar-refractivity contribution in [2.45, 2.75) is 12.5 Å². The van der Waals surface area contributed by atoms with Crippen LogP contribution in [0.25, 0.3) is 5.65 Å². The molecule has 1 aromatic carbocycles. The van der Waals surface area contributed by atoms with E-state index < -0.39 is 0 Å². The fraction of sp³-hybridized carbons (Fsp3) is 0.133. The Kier molecular flexibility index (Phi) is 3.94. The van der Waals surface area contributed by atoms with E-state index in [1.54, 1.807) is 0 Å². The molecule has 3 rings (SSSR count). The largest absolute Gasteiger partial charge is 0.486 e. The number of nitrogens with zero attached hydrogens (tertiary/aromatic N) is 2. The molecule has 0 fully saturated rings. The number of halogens is 2. The molecule has 0 radical (unpaired) electrons. The van der Waals surface area contributed by atoms with Crippen LogP contribution >= 0.6 is 27.5 Å². The molecule has 5 heteroatoms. The van der Waals surface area contributed by atoms with Crippen molar-refractivity contribution in [2.75, 3.05) is 0 Å². The average molecular weight is 352 g/mol. The van der Waals surface area contributed by atoms with Crippen LogP contribution in [0.5, 0.6) is 5.75 Å². The summed E-state index contributed by atoms with van der Waals surface area (Å²) in [5.41, 5.74) is 2.76. The van der Waals surface area contributed by atoms with Crippen LogP contribution in [0.2, 0.25) is 0 Å². The van der Waals surface area contributed by atoms with Gasteiger partial charge in [0.15, 0.2) is 0 Å². The first-order valence-electron chi connectivity index (χ1n) is 6.16. The van der Waals surface area contributed by atoms with E-state index >= 15 is 0 Å². The van der Waals surface area contributed by atoms with E-state index in [4.69, 9.17) is 16.3 Å². The lowest BCUT2D eigenvalue weighted by molar-refractivity contribution is 0.298. The Balaban J connectivity index is 1.82. The maximum atomic E-state index is 5.93. The monoisotopic (exact) mass is 350 g/mol. The van der Waals surface area contributed by atoms with Gasteiger partial charge in [-0.25, -0.2) is 4.98 Å². The van der Waals surface area contributed by atoms with Crippen molar-refractivity contribution in [3.05, 3.63) is 64.5 Å². The number of pyridine rings is 1. The number of ether oxygens (including phenoxy) is 1. The van der Waals surface area contributed by atoms with Crippen LogP contribution in [0.4, 0.5) is 0 Å². The van der Waals surface area contributed by atoms with E-state index in [0.717, 1.165) is 27.1 Å². The summed E-state index contributed by atoms with van der Waals surface area (Å²) >= 11 is 9.42. The van der Waals surface area contributed by atoms with Crippen LogP contribution in [-0.4, -0.2) is 9.38 Å². The summed E-state index contributed by atoms with van der Waals surface area (Å²) < 4.78 is 8.74. The van der Waals surface area contributed by atoms with Gasteiger partial charge in [0.25, 0.3) is 0 Å². The first-order valence-corrected chi connectivity index (χ1v) is 7.49. The van der Waals surface area contributed by atoms with Gasteiger partial charge >= 0.3 is 0 Å². The number of rotatable bonds is 4. The van der Waals surface area contributed by atoms with E-state index in [-0.39, 0.29) is 0 Å². The SMILES string of the molecule is ClCc1cccc(Br)c1OCc1cn2ccccc2n1. The van der Waals surface area contributed by atoms with Crippen molar-refractivity contribution < 1.29 is 4.74 Å². The molecule has 0 saturated heterocycles. The van der Waals surface area contributed by atoms with Gasteiger partial charge in [-0.2, -0.15) is 0 Å². The summed E-state index contributed by atoms with van der Waals surface area (Å²) in [4.78, 5) is 4.50. The topological polar surface area (TPSA) is 26.5 Å². The fourth-order valence-electron chi connectivity index (χ4n) is 2.02. The molecule has 0 atom stereocenters. The first-order chi connectivity index (χ1) is 9.78. The van der Waals surface area contributed by atoms with Gasteiger partial charge < -0.3 is 9.14 Å². The molecular formula is C15H12BrClN2O. The summed E-state index contributed by atoms with van der Waals surface area (Å²) in [7, 11) is 0. The lowest BCUT2D eigenvalue weighted by atomic mass is 10.2. The van der Waals surface area contributed by atoms with E-state index in [0.29, 0.717) is 12.5 Å². The molecule has 0 saturated carbocycles. The van der Waals surface area contributed by atoms with E-state index in [2.05, 4.69) is 20.9 Å². The van der Waals surface area contributed by atoms with Crippen LogP contribution in [-0.2, 0) is 12.5 Å². The summed E-state index contributed by atoms with van der Waals surface area (Å²) in [5.74, 6) is 1.19. The highest BCUT2D eigenvalue weighted by atomic mass is 79.9. The Morgan fingerprint density at radius 1 is 1.20 bits per heavy atom. The van der Waals surface area contributed by atoms with Gasteiger partial charge in [-0.1, -0.05) is 18.2 Å². The molecule has 3 aromatic rings. The Bertz CT molecular complexity index is 709. The van der Waals surface area contributed by atoms with Gasteiger partial charge in [-0.3, -0.25) is 0 Å². The molecule has 0 aliphatic rings. The van der Waals surface area contributed by atoms with Crippen molar-refractivity contribution in [3.63, 3.8) is 0 Å². The number of fused-ring (bicyclic) bond motifs is 1. The Labute approximate surface area is 130 Å². The van der Waals surface area contributed by atoms with E-state index in [1.165, 1.54) is 0 Å². The van der Waals surface area contributed by atoms with Crippen molar-refractivity contribution in [1.29, 1.82) is 0 Å². The van der Waals surface area contributed by atoms with Gasteiger partial charge in [0, 0.05) is 18.0 Å². The Hall–Kier alpha value is -1.52. The van der Waals surface area contributed by atoms with Crippen LogP contribution in [0, 0.1) is 0 Å². The maximum absolute atomic E-state index is 5.93. The number of imidazole rings is 1. The predicted molar refractivity (Wildman–Crippen MR) is 83.2 cm³/mol. The zero-order valence-electron chi connectivity index (χ0n) is 10.6. The first kappa shape index (κ1) is 13.5. The van der Waals surface area contributed by atoms with Crippen LogP contribution in [0.15, 0.2) is 53.3 Å². The van der Waals surface area contributed by atoms with Crippen molar-refractivity contribution in [2.24, 2.45) is 0 Å². The molecule has 3 nitrogen and oxygen atoms in total. The smallest absolute Gasteiger partial charge is 0.138 e. The van der Waals surface area contributed by atoms with Crippen LogP contribution in [0.1, 0.15) is 11.3 Å². The highest BCUT2D eigenvalue weighted by Gasteiger charge is 2.09. The normalized spacial score (nSPS) is 10.9. The quantitative estimate of drug-likeness (QED) is 0.651. The molecule has 0 spiro atoms. The highest BCUT2D eigenvalue weighted by molar-refractivity contribution is 9.10. The van der Waals surface area contributed by atoms with Crippen LogP contribution in [0.3, 0.4) is 0 Å². The van der Waals surface area contributed by atoms with Gasteiger partial charge in [0.05, 0.1) is 16.0 Å². The Morgan fingerprint density at radius 3 is 2.90 bits per heavy atom. The number of alkyl halides is 1. The molecule has 0 bridgehead atoms. The summed E-state index contributed by atoms with van der Waals surface area (Å²) in [6.07, 6.45) is 3.93. The average Bonchev–Trinajstić information content (AvgIpc) is 2.88. The minimum absolute atomic E-state index is 0.411. The minimum atomic E-state index is 0.411. The van der Waals surface area contributed by atoms with Crippen molar-refractivity contribution in [3.8, 4) is 5.75 Å². The molecule has 20 heavy (non-hydrogen) atoms. The molecule has 2 heterocycles. The maximum Gasteiger partial charge on any atom is 0.138 e.